The summed E-state index contributed by atoms with van der Waals surface area (Å²) in [5.41, 5.74) is 8.47. The summed E-state index contributed by atoms with van der Waals surface area (Å²) in [6, 6.07) is 17.0. The third-order valence-electron chi connectivity index (χ3n) is 17.5. The zero-order chi connectivity index (χ0) is 69.5. The van der Waals surface area contributed by atoms with E-state index in [0.29, 0.717) is 63.4 Å². The van der Waals surface area contributed by atoms with Crippen molar-refractivity contribution < 1.29 is 67.0 Å². The van der Waals surface area contributed by atoms with Crippen LogP contribution in [0.5, 0.6) is 11.8 Å². The van der Waals surface area contributed by atoms with Crippen molar-refractivity contribution in [2.24, 2.45) is 11.8 Å². The SMILES string of the molecule is Cc1ncsc1-c1ccc([C@H](C)NC(=O)[C@@H]2C[C@@H](O)CN2C(=O)C(c2cc(OC3CCN(C(=O)OC(C)(C)C)CC3)no2)C(C)C)cc1.Cc1ncsc1-c1ccc([C@H](C)NC(=O)[C@@H]2C[C@@H](O)CN2C(=O)[C@@H](c2cc(OC3CCN(C(=O)OC(C)(C)C)CC3)no2)C(C)C)cc1. The van der Waals surface area contributed by atoms with Crippen molar-refractivity contribution in [3.05, 3.63) is 106 Å². The lowest BCUT2D eigenvalue weighted by Gasteiger charge is -2.33. The largest absolute Gasteiger partial charge is 0.472 e. The number of nitrogens with one attached hydrogen (secondary N) is 2. The standard InChI is InChI=1S/2C35H47N5O7S/c2*1-20(2)30(28-17-29(38-47-28)45-26-12-14-39(15-13-26)34(44)46-35(5,6)7)33(43)40-18-25(41)16-27(40)32(42)37-21(3)23-8-10-24(11-9-23)31-22(4)36-19-48-31/h2*8-11,17,19-21,25-27,30,41H,12-16,18H2,1-7H3,(H,37,42)/t21-,25+,27-,30?;21-,25+,27-,30+/m00/s1. The third-order valence-corrected chi connectivity index (χ3v) is 19.5. The normalized spacial score (nSPS) is 20.1. The van der Waals surface area contributed by atoms with Gasteiger partial charge in [0.1, 0.15) is 47.3 Å². The van der Waals surface area contributed by atoms with E-state index in [0.717, 1.165) is 43.4 Å². The number of benzene rings is 2. The predicted octanol–water partition coefficient (Wildman–Crippen LogP) is 10.9. The number of carbonyl (C=O) groups is 6. The Labute approximate surface area is 569 Å². The van der Waals surface area contributed by atoms with Gasteiger partial charge in [0.25, 0.3) is 11.8 Å². The van der Waals surface area contributed by atoms with Crippen LogP contribution in [0, 0.1) is 25.7 Å². The summed E-state index contributed by atoms with van der Waals surface area (Å²) in [6.07, 6.45) is 0.0197. The second-order valence-electron chi connectivity index (χ2n) is 28.2. The molecular weight excluding hydrogens is 1270 g/mol. The van der Waals surface area contributed by atoms with Crippen LogP contribution in [0.2, 0.25) is 0 Å². The predicted molar refractivity (Wildman–Crippen MR) is 361 cm³/mol. The maximum Gasteiger partial charge on any atom is 0.410 e. The molecule has 8 heterocycles. The van der Waals surface area contributed by atoms with Gasteiger partial charge in [0.2, 0.25) is 23.6 Å². The van der Waals surface area contributed by atoms with Gasteiger partial charge in [0, 0.05) is 89.9 Å². The molecule has 4 aromatic heterocycles. The van der Waals surface area contributed by atoms with E-state index in [1.165, 1.54) is 9.80 Å². The van der Waals surface area contributed by atoms with Gasteiger partial charge >= 0.3 is 12.2 Å². The molecule has 0 saturated carbocycles. The van der Waals surface area contributed by atoms with Gasteiger partial charge < -0.3 is 68.4 Å². The highest BCUT2D eigenvalue weighted by Crippen LogP contribution is 2.37. The van der Waals surface area contributed by atoms with Crippen LogP contribution < -0.4 is 20.1 Å². The lowest BCUT2D eigenvalue weighted by Crippen LogP contribution is -2.48. The molecule has 4 aliphatic rings. The van der Waals surface area contributed by atoms with Gasteiger partial charge in [-0.25, -0.2) is 19.6 Å². The fraction of sp³-hybridized carbons (Fsp3) is 0.571. The van der Waals surface area contributed by atoms with E-state index in [4.69, 9.17) is 28.0 Å². The van der Waals surface area contributed by atoms with Crippen LogP contribution in [0.3, 0.4) is 0 Å². The molecule has 6 amide bonds. The molecule has 8 atom stereocenters. The van der Waals surface area contributed by atoms with Gasteiger partial charge in [-0.05, 0) is 114 Å². The quantitative estimate of drug-likeness (QED) is 0.0622. The van der Waals surface area contributed by atoms with E-state index in [1.54, 1.807) is 44.6 Å². The number of nitrogens with zero attached hydrogens (tertiary/aromatic N) is 8. The zero-order valence-electron chi connectivity index (χ0n) is 57.5. The number of amides is 6. The van der Waals surface area contributed by atoms with Gasteiger partial charge in [-0.15, -0.1) is 22.7 Å². The average Bonchev–Trinajstić information content (AvgIpc) is 1.63. The highest BCUT2D eigenvalue weighted by Gasteiger charge is 2.46. The molecule has 6 aromatic rings. The zero-order valence-corrected chi connectivity index (χ0v) is 59.2. The van der Waals surface area contributed by atoms with Crippen LogP contribution in [0.15, 0.2) is 80.7 Å². The van der Waals surface area contributed by atoms with Crippen LogP contribution in [-0.2, 0) is 28.7 Å². The molecule has 0 aliphatic carbocycles. The smallest absolute Gasteiger partial charge is 0.410 e. The molecule has 1 unspecified atom stereocenters. The number of likely N-dealkylation sites (tertiary alicyclic amines) is 4. The van der Waals surface area contributed by atoms with Crippen molar-refractivity contribution in [3.63, 3.8) is 0 Å². The molecule has 4 fully saturated rings. The summed E-state index contributed by atoms with van der Waals surface area (Å²) in [5, 5.41) is 35.4. The van der Waals surface area contributed by atoms with Gasteiger partial charge in [-0.1, -0.05) is 76.2 Å². The van der Waals surface area contributed by atoms with E-state index in [1.807, 2.05) is 156 Å². The van der Waals surface area contributed by atoms with Crippen LogP contribution in [0.1, 0.15) is 180 Å². The highest BCUT2D eigenvalue weighted by molar-refractivity contribution is 7.13. The van der Waals surface area contributed by atoms with Crippen molar-refractivity contribution in [2.45, 2.75) is 207 Å². The Kier molecular flexibility index (Phi) is 23.4. The molecule has 96 heavy (non-hydrogen) atoms. The topological polar surface area (TPSA) is 295 Å². The summed E-state index contributed by atoms with van der Waals surface area (Å²) < 4.78 is 34.4. The Morgan fingerprint density at radius 3 is 1.20 bits per heavy atom. The number of β-amino-alcohol motifs (C(OH)–C–C–N with tert-alkyl or cyclic N) is 2. The van der Waals surface area contributed by atoms with E-state index < -0.39 is 47.3 Å². The van der Waals surface area contributed by atoms with E-state index in [9.17, 15) is 39.0 Å². The van der Waals surface area contributed by atoms with Crippen LogP contribution in [0.25, 0.3) is 20.9 Å². The molecule has 4 saturated heterocycles. The number of hydrogen-bond acceptors (Lipinski definition) is 20. The van der Waals surface area contributed by atoms with Crippen LogP contribution in [-0.4, -0.2) is 173 Å². The highest BCUT2D eigenvalue weighted by atomic mass is 32.1. The molecule has 0 spiro atoms. The second-order valence-corrected chi connectivity index (χ2v) is 29.9. The van der Waals surface area contributed by atoms with Crippen LogP contribution in [0.4, 0.5) is 9.59 Å². The summed E-state index contributed by atoms with van der Waals surface area (Å²) in [4.78, 5) is 97.1. The second kappa shape index (κ2) is 31.1. The first-order chi connectivity index (χ1) is 45.4. The summed E-state index contributed by atoms with van der Waals surface area (Å²) in [7, 11) is 0. The lowest BCUT2D eigenvalue weighted by atomic mass is 9.91. The van der Waals surface area contributed by atoms with E-state index in [2.05, 4.69) is 30.9 Å². The number of rotatable bonds is 18. The van der Waals surface area contributed by atoms with E-state index >= 15 is 0 Å². The number of thiazole rings is 2. The minimum Gasteiger partial charge on any atom is -0.472 e. The molecule has 10 rings (SSSR count). The Balaban J connectivity index is 0.000000225. The lowest BCUT2D eigenvalue weighted by molar-refractivity contribution is -0.141. The molecule has 0 radical (unpaired) electrons. The first-order valence-electron chi connectivity index (χ1n) is 33.2. The number of aryl methyl sites for hydroxylation is 2. The first-order valence-corrected chi connectivity index (χ1v) is 35.0. The fourth-order valence-electron chi connectivity index (χ4n) is 12.5. The minimum absolute atomic E-state index is 0.0468. The van der Waals surface area contributed by atoms with Crippen molar-refractivity contribution in [1.29, 1.82) is 0 Å². The molecule has 520 valence electrons. The first kappa shape index (κ1) is 72.3. The number of piperidine rings is 2. The number of ether oxygens (including phenoxy) is 4. The van der Waals surface area contributed by atoms with Crippen LogP contribution >= 0.6 is 22.7 Å². The Morgan fingerprint density at radius 1 is 0.552 bits per heavy atom. The number of aromatic nitrogens is 4. The number of aliphatic hydroxyl groups excluding tert-OH is 2. The van der Waals surface area contributed by atoms with Crippen molar-refractivity contribution in [3.8, 4) is 32.6 Å². The third kappa shape index (κ3) is 18.4. The van der Waals surface area contributed by atoms with Crippen molar-refractivity contribution >= 4 is 58.5 Å². The number of hydrogen-bond donors (Lipinski definition) is 4. The monoisotopic (exact) mass is 1360 g/mol. The maximum absolute atomic E-state index is 14.0. The Bertz CT molecular complexity index is 3380. The van der Waals surface area contributed by atoms with Crippen molar-refractivity contribution in [1.82, 2.24) is 50.5 Å². The van der Waals surface area contributed by atoms with Gasteiger partial charge in [0.05, 0.1) is 56.5 Å². The minimum atomic E-state index is -0.830. The van der Waals surface area contributed by atoms with Gasteiger partial charge in [-0.3, -0.25) is 19.2 Å². The molecule has 24 nitrogen and oxygen atoms in total. The summed E-state index contributed by atoms with van der Waals surface area (Å²) in [5.74, 6) is -1.90. The molecular formula is C70H94N10O14S2. The fourth-order valence-corrected chi connectivity index (χ4v) is 14.1. The maximum atomic E-state index is 14.0. The summed E-state index contributed by atoms with van der Waals surface area (Å²) in [6.45, 7) is 28.5. The van der Waals surface area contributed by atoms with Gasteiger partial charge in [0.15, 0.2) is 11.5 Å². The van der Waals surface area contributed by atoms with Crippen molar-refractivity contribution in [2.75, 3.05) is 39.3 Å². The molecule has 2 aromatic carbocycles. The molecule has 4 aliphatic heterocycles. The average molecular weight is 1360 g/mol. The number of carbonyl (C=O) groups excluding carboxylic acids is 6. The van der Waals surface area contributed by atoms with Gasteiger partial charge in [-0.2, -0.15) is 0 Å². The Hall–Kier alpha value is -7.94. The number of aliphatic hydroxyl groups is 2. The van der Waals surface area contributed by atoms with E-state index in [-0.39, 0.29) is 110 Å². The molecule has 26 heteroatoms. The summed E-state index contributed by atoms with van der Waals surface area (Å²) >= 11 is 3.17. The molecule has 4 N–H and O–H groups in total. The molecule has 0 bridgehead atoms. The Morgan fingerprint density at radius 2 is 0.896 bits per heavy atom.